The molecule has 1 aromatic carbocycles. The minimum Gasteiger partial charge on any atom is -0.342 e. The van der Waals surface area contributed by atoms with Crippen LogP contribution in [0.15, 0.2) is 52.8 Å². The maximum absolute atomic E-state index is 11.6. The Morgan fingerprint density at radius 2 is 2.22 bits per heavy atom. The van der Waals surface area contributed by atoms with Gasteiger partial charge in [0.05, 0.1) is 22.8 Å². The molecule has 18 heavy (non-hydrogen) atoms. The molecule has 0 bridgehead atoms. The van der Waals surface area contributed by atoms with Crippen molar-refractivity contribution in [1.29, 1.82) is 0 Å². The molecule has 0 atom stereocenters. The molecule has 3 rings (SSSR count). The third-order valence-electron chi connectivity index (χ3n) is 3.01. The largest absolute Gasteiger partial charge is 0.342 e. The number of hydrazine groups is 1. The van der Waals surface area contributed by atoms with Crippen LogP contribution in [0.4, 0.5) is 0 Å². The summed E-state index contributed by atoms with van der Waals surface area (Å²) < 4.78 is 0. The molecule has 1 amide bonds. The van der Waals surface area contributed by atoms with E-state index in [1.54, 1.807) is 6.20 Å². The maximum Gasteiger partial charge on any atom is 0.267 e. The van der Waals surface area contributed by atoms with Crippen molar-refractivity contribution in [1.82, 2.24) is 10.3 Å². The second kappa shape index (κ2) is 4.12. The van der Waals surface area contributed by atoms with Crippen LogP contribution in [0.1, 0.15) is 0 Å². The molecule has 5 nitrogen and oxygen atoms in total. The average molecular weight is 240 g/mol. The Kier molecular flexibility index (Phi) is 2.46. The Morgan fingerprint density at radius 1 is 1.39 bits per heavy atom. The molecule has 0 aliphatic carbocycles. The second-order valence-electron chi connectivity index (χ2n) is 4.07. The summed E-state index contributed by atoms with van der Waals surface area (Å²) in [4.78, 5) is 18.0. The van der Waals surface area contributed by atoms with Crippen LogP contribution >= 0.6 is 0 Å². The van der Waals surface area contributed by atoms with Crippen molar-refractivity contribution in [2.24, 2.45) is 10.8 Å². The first-order valence-electron chi connectivity index (χ1n) is 5.62. The third kappa shape index (κ3) is 1.61. The van der Waals surface area contributed by atoms with Gasteiger partial charge in [-0.15, -0.1) is 0 Å². The van der Waals surface area contributed by atoms with Crippen molar-refractivity contribution in [3.8, 4) is 0 Å². The van der Waals surface area contributed by atoms with Gasteiger partial charge in [0.1, 0.15) is 0 Å². The highest BCUT2D eigenvalue weighted by Crippen LogP contribution is 2.23. The number of nitrogens with zero attached hydrogens (tertiary/aromatic N) is 2. The number of rotatable bonds is 1. The van der Waals surface area contributed by atoms with Crippen molar-refractivity contribution in [3.05, 3.63) is 58.4 Å². The fourth-order valence-corrected chi connectivity index (χ4v) is 2.11. The van der Waals surface area contributed by atoms with Gasteiger partial charge in [-0.3, -0.25) is 15.2 Å². The van der Waals surface area contributed by atoms with E-state index in [4.69, 9.17) is 5.84 Å². The van der Waals surface area contributed by atoms with Crippen molar-refractivity contribution < 1.29 is 4.79 Å². The summed E-state index contributed by atoms with van der Waals surface area (Å²) in [7, 11) is 0. The topological polar surface area (TPSA) is 70.7 Å². The van der Waals surface area contributed by atoms with E-state index >= 15 is 0 Å². The monoisotopic (exact) mass is 240 g/mol. The smallest absolute Gasteiger partial charge is 0.267 e. The number of carbonyl (C=O) groups excluding carboxylic acids is 1. The minimum atomic E-state index is -0.293. The lowest BCUT2D eigenvalue weighted by atomic mass is 10.2. The molecule has 2 aliphatic rings. The SMILES string of the molecule is NNC(=O)C1=CCN2C=c3ccccc3=NC=C12. The van der Waals surface area contributed by atoms with Crippen LogP contribution in [0.25, 0.3) is 6.20 Å². The molecular weight excluding hydrogens is 228 g/mol. The average Bonchev–Trinajstić information content (AvgIpc) is 2.70. The molecule has 1 aromatic rings. The van der Waals surface area contributed by atoms with Crippen LogP contribution in [0.5, 0.6) is 0 Å². The molecule has 0 radical (unpaired) electrons. The number of benzene rings is 1. The van der Waals surface area contributed by atoms with Crippen LogP contribution in [-0.4, -0.2) is 17.4 Å². The molecule has 0 fully saturated rings. The number of carbonyl (C=O) groups is 1. The number of hydrogen-bond acceptors (Lipinski definition) is 4. The highest BCUT2D eigenvalue weighted by Gasteiger charge is 2.24. The van der Waals surface area contributed by atoms with E-state index in [2.05, 4.69) is 10.4 Å². The van der Waals surface area contributed by atoms with Crippen molar-refractivity contribution in [2.45, 2.75) is 0 Å². The second-order valence-corrected chi connectivity index (χ2v) is 4.07. The predicted octanol–water partition coefficient (Wildman–Crippen LogP) is -0.869. The first kappa shape index (κ1) is 10.7. The summed E-state index contributed by atoms with van der Waals surface area (Å²) in [6, 6.07) is 7.84. The summed E-state index contributed by atoms with van der Waals surface area (Å²) in [6.07, 6.45) is 5.54. The fourth-order valence-electron chi connectivity index (χ4n) is 2.11. The number of fused-ring (bicyclic) bond motifs is 2. The van der Waals surface area contributed by atoms with E-state index in [1.807, 2.05) is 41.4 Å². The van der Waals surface area contributed by atoms with Crippen LogP contribution in [0.3, 0.4) is 0 Å². The zero-order valence-corrected chi connectivity index (χ0v) is 9.63. The van der Waals surface area contributed by atoms with Crippen LogP contribution in [0, 0.1) is 0 Å². The highest BCUT2D eigenvalue weighted by molar-refractivity contribution is 5.98. The molecule has 2 heterocycles. The van der Waals surface area contributed by atoms with Crippen LogP contribution in [0.2, 0.25) is 0 Å². The summed E-state index contributed by atoms with van der Waals surface area (Å²) >= 11 is 0. The zero-order valence-electron chi connectivity index (χ0n) is 9.63. The Morgan fingerprint density at radius 3 is 3.06 bits per heavy atom. The third-order valence-corrected chi connectivity index (χ3v) is 3.01. The van der Waals surface area contributed by atoms with Gasteiger partial charge in [-0.1, -0.05) is 18.2 Å². The lowest BCUT2D eigenvalue weighted by Gasteiger charge is -2.14. The molecule has 0 saturated heterocycles. The predicted molar refractivity (Wildman–Crippen MR) is 66.9 cm³/mol. The molecule has 0 aromatic heterocycles. The van der Waals surface area contributed by atoms with Crippen molar-refractivity contribution >= 4 is 12.1 Å². The molecule has 0 saturated carbocycles. The van der Waals surface area contributed by atoms with Gasteiger partial charge in [0.15, 0.2) is 0 Å². The van der Waals surface area contributed by atoms with Gasteiger partial charge in [-0.25, -0.2) is 5.84 Å². The van der Waals surface area contributed by atoms with Gasteiger partial charge >= 0.3 is 0 Å². The number of hydrogen-bond donors (Lipinski definition) is 2. The summed E-state index contributed by atoms with van der Waals surface area (Å²) in [6.45, 7) is 0.651. The lowest BCUT2D eigenvalue weighted by molar-refractivity contribution is -0.117. The van der Waals surface area contributed by atoms with E-state index < -0.39 is 0 Å². The van der Waals surface area contributed by atoms with Gasteiger partial charge in [0, 0.05) is 18.0 Å². The Hall–Kier alpha value is -2.40. The first-order chi connectivity index (χ1) is 8.79. The van der Waals surface area contributed by atoms with Gasteiger partial charge in [0.2, 0.25) is 0 Å². The molecule has 3 N–H and O–H groups in total. The van der Waals surface area contributed by atoms with E-state index in [-0.39, 0.29) is 5.91 Å². The molecule has 2 aliphatic heterocycles. The first-order valence-corrected chi connectivity index (χ1v) is 5.62. The molecular formula is C13H12N4O. The standard InChI is InChI=1S/C13H12N4O/c14-16-13(18)10-5-6-17-8-9-3-1-2-4-11(9)15-7-12(10)17/h1-5,7-8H,6,14H2,(H,16,18). The number of para-hydroxylation sites is 1. The molecule has 90 valence electrons. The fraction of sp³-hybridized carbons (Fsp3) is 0.0769. The van der Waals surface area contributed by atoms with Gasteiger partial charge < -0.3 is 4.90 Å². The number of nitrogens with two attached hydrogens (primary N) is 1. The Labute approximate surface area is 104 Å². The quantitative estimate of drug-likeness (QED) is 0.381. The van der Waals surface area contributed by atoms with Gasteiger partial charge in [-0.2, -0.15) is 0 Å². The summed E-state index contributed by atoms with van der Waals surface area (Å²) in [5.74, 6) is 4.88. The molecule has 5 heteroatoms. The minimum absolute atomic E-state index is 0.293. The maximum atomic E-state index is 11.6. The van der Waals surface area contributed by atoms with Crippen LogP contribution < -0.4 is 21.8 Å². The van der Waals surface area contributed by atoms with E-state index in [0.717, 1.165) is 16.3 Å². The van der Waals surface area contributed by atoms with Gasteiger partial charge in [-0.05, 0) is 12.1 Å². The van der Waals surface area contributed by atoms with Crippen LogP contribution in [-0.2, 0) is 4.79 Å². The lowest BCUT2D eigenvalue weighted by Crippen LogP contribution is -2.32. The molecule has 0 unspecified atom stereocenters. The van der Waals surface area contributed by atoms with Gasteiger partial charge in [0.25, 0.3) is 5.91 Å². The van der Waals surface area contributed by atoms with Crippen molar-refractivity contribution in [2.75, 3.05) is 6.54 Å². The summed E-state index contributed by atoms with van der Waals surface area (Å²) in [5, 5.41) is 1.93. The number of nitrogens with one attached hydrogen (secondary N) is 1. The number of amides is 1. The normalized spacial score (nSPS) is 16.4. The Balaban J connectivity index is 2.11. The van der Waals surface area contributed by atoms with Crippen molar-refractivity contribution in [3.63, 3.8) is 0 Å². The van der Waals surface area contributed by atoms with E-state index in [9.17, 15) is 4.79 Å². The molecule has 0 spiro atoms. The Bertz CT molecular complexity index is 687. The zero-order chi connectivity index (χ0) is 12.5. The highest BCUT2D eigenvalue weighted by atomic mass is 16.2. The van der Waals surface area contributed by atoms with E-state index in [1.165, 1.54) is 0 Å². The van der Waals surface area contributed by atoms with E-state index in [0.29, 0.717) is 12.1 Å². The summed E-state index contributed by atoms with van der Waals surface area (Å²) in [5.41, 5.74) is 3.48.